The summed E-state index contributed by atoms with van der Waals surface area (Å²) in [5.41, 5.74) is 4.73. The molecule has 4 heterocycles. The normalized spacial score (nSPS) is 19.3. The van der Waals surface area contributed by atoms with Crippen LogP contribution in [0.3, 0.4) is 0 Å². The monoisotopic (exact) mass is 433 g/mol. The van der Waals surface area contributed by atoms with Gasteiger partial charge in [0.05, 0.1) is 25.1 Å². The number of ether oxygens (including phenoxy) is 1. The number of aryl methyl sites for hydroxylation is 1. The average Bonchev–Trinajstić information content (AvgIpc) is 3.32. The molecule has 8 nitrogen and oxygen atoms in total. The van der Waals surface area contributed by atoms with Crippen molar-refractivity contribution in [3.05, 3.63) is 54.0 Å². The molecule has 2 saturated heterocycles. The molecular formula is C24H31N7O. The standard InChI is InChI=1S/C24H31N7O/c1-18-4-2-5-19(12-18)24-20(15-28-29-24)14-25-21-6-3-7-31(16-21)23-13-22(26-17-27-23)30-8-10-32-11-9-30/h2,4-5,12-13,15,17,21,25H,3,6-11,14,16H2,1H3,(H,28,29). The second-order valence-corrected chi connectivity index (χ2v) is 8.64. The van der Waals surface area contributed by atoms with Gasteiger partial charge in [0.1, 0.15) is 18.0 Å². The van der Waals surface area contributed by atoms with Gasteiger partial charge in [-0.1, -0.05) is 23.8 Å². The minimum atomic E-state index is 0.408. The largest absolute Gasteiger partial charge is 0.378 e. The molecule has 1 unspecified atom stereocenters. The van der Waals surface area contributed by atoms with Gasteiger partial charge >= 0.3 is 0 Å². The predicted octanol–water partition coefficient (Wildman–Crippen LogP) is 2.77. The van der Waals surface area contributed by atoms with Crippen molar-refractivity contribution < 1.29 is 4.74 Å². The summed E-state index contributed by atoms with van der Waals surface area (Å²) in [4.78, 5) is 13.7. The number of aromatic nitrogens is 4. The zero-order chi connectivity index (χ0) is 21.8. The molecule has 32 heavy (non-hydrogen) atoms. The Labute approximate surface area is 189 Å². The van der Waals surface area contributed by atoms with Crippen molar-refractivity contribution in [3.8, 4) is 11.3 Å². The van der Waals surface area contributed by atoms with E-state index in [1.807, 2.05) is 6.20 Å². The molecule has 2 aliphatic rings. The van der Waals surface area contributed by atoms with Crippen molar-refractivity contribution in [1.82, 2.24) is 25.5 Å². The van der Waals surface area contributed by atoms with Crippen LogP contribution in [0.1, 0.15) is 24.0 Å². The minimum absolute atomic E-state index is 0.408. The smallest absolute Gasteiger partial charge is 0.134 e. The molecule has 0 aliphatic carbocycles. The van der Waals surface area contributed by atoms with Gasteiger partial charge in [0.15, 0.2) is 0 Å². The Hall–Kier alpha value is -2.97. The van der Waals surface area contributed by atoms with Crippen molar-refractivity contribution in [2.45, 2.75) is 32.4 Å². The van der Waals surface area contributed by atoms with Gasteiger partial charge < -0.3 is 19.9 Å². The molecule has 1 aromatic carbocycles. The molecule has 0 saturated carbocycles. The van der Waals surface area contributed by atoms with E-state index in [1.54, 1.807) is 6.33 Å². The van der Waals surface area contributed by atoms with Gasteiger partial charge in [-0.15, -0.1) is 0 Å². The van der Waals surface area contributed by atoms with Crippen LogP contribution in [0.15, 0.2) is 42.9 Å². The first kappa shape index (κ1) is 20.9. The molecule has 168 valence electrons. The lowest BCUT2D eigenvalue weighted by atomic mass is 10.0. The van der Waals surface area contributed by atoms with Crippen LogP contribution in [0, 0.1) is 6.92 Å². The van der Waals surface area contributed by atoms with Crippen molar-refractivity contribution in [3.63, 3.8) is 0 Å². The first-order valence-electron chi connectivity index (χ1n) is 11.5. The number of piperidine rings is 1. The quantitative estimate of drug-likeness (QED) is 0.619. The molecule has 5 rings (SSSR count). The summed E-state index contributed by atoms with van der Waals surface area (Å²) < 4.78 is 5.47. The number of rotatable bonds is 6. The van der Waals surface area contributed by atoms with Gasteiger partial charge in [-0.25, -0.2) is 9.97 Å². The third kappa shape index (κ3) is 4.76. The van der Waals surface area contributed by atoms with Gasteiger partial charge in [-0.05, 0) is 25.8 Å². The van der Waals surface area contributed by atoms with Gasteiger partial charge in [-0.3, -0.25) is 5.10 Å². The highest BCUT2D eigenvalue weighted by Crippen LogP contribution is 2.24. The summed E-state index contributed by atoms with van der Waals surface area (Å²) >= 11 is 0. The summed E-state index contributed by atoms with van der Waals surface area (Å²) in [6.07, 6.45) is 5.93. The third-order valence-corrected chi connectivity index (χ3v) is 6.32. The second-order valence-electron chi connectivity index (χ2n) is 8.64. The van der Waals surface area contributed by atoms with E-state index >= 15 is 0 Å². The van der Waals surface area contributed by atoms with Crippen molar-refractivity contribution >= 4 is 11.6 Å². The number of nitrogens with one attached hydrogen (secondary N) is 2. The van der Waals surface area contributed by atoms with E-state index in [9.17, 15) is 0 Å². The molecule has 2 aliphatic heterocycles. The summed E-state index contributed by atoms with van der Waals surface area (Å²) in [6.45, 7) is 8.16. The van der Waals surface area contributed by atoms with Crippen LogP contribution in [0.4, 0.5) is 11.6 Å². The fourth-order valence-electron chi connectivity index (χ4n) is 4.58. The molecular weight excluding hydrogens is 402 g/mol. The molecule has 0 amide bonds. The van der Waals surface area contributed by atoms with Crippen LogP contribution < -0.4 is 15.1 Å². The zero-order valence-electron chi connectivity index (χ0n) is 18.6. The highest BCUT2D eigenvalue weighted by Gasteiger charge is 2.22. The highest BCUT2D eigenvalue weighted by atomic mass is 16.5. The Morgan fingerprint density at radius 3 is 2.78 bits per heavy atom. The van der Waals surface area contributed by atoms with E-state index in [-0.39, 0.29) is 0 Å². The lowest BCUT2D eigenvalue weighted by molar-refractivity contribution is 0.122. The molecule has 0 spiro atoms. The molecule has 0 bridgehead atoms. The Morgan fingerprint density at radius 2 is 1.94 bits per heavy atom. The van der Waals surface area contributed by atoms with Gasteiger partial charge in [0.2, 0.25) is 0 Å². The van der Waals surface area contributed by atoms with Gasteiger partial charge in [0, 0.05) is 56.0 Å². The topological polar surface area (TPSA) is 82.2 Å². The van der Waals surface area contributed by atoms with E-state index in [0.29, 0.717) is 6.04 Å². The molecule has 2 N–H and O–H groups in total. The highest BCUT2D eigenvalue weighted by molar-refractivity contribution is 5.63. The Kier molecular flexibility index (Phi) is 6.31. The molecule has 2 aromatic heterocycles. The lowest BCUT2D eigenvalue weighted by Gasteiger charge is -2.35. The van der Waals surface area contributed by atoms with Crippen molar-refractivity contribution in [2.24, 2.45) is 0 Å². The van der Waals surface area contributed by atoms with Crippen LogP contribution >= 0.6 is 0 Å². The average molecular weight is 434 g/mol. The van der Waals surface area contributed by atoms with E-state index in [2.05, 4.69) is 72.5 Å². The molecule has 1 atom stereocenters. The summed E-state index contributed by atoms with van der Waals surface area (Å²) in [5.74, 6) is 2.01. The maximum absolute atomic E-state index is 5.47. The van der Waals surface area contributed by atoms with Gasteiger partial charge in [0.25, 0.3) is 0 Å². The maximum Gasteiger partial charge on any atom is 0.134 e. The predicted molar refractivity (Wildman–Crippen MR) is 126 cm³/mol. The number of anilines is 2. The Balaban J connectivity index is 1.23. The minimum Gasteiger partial charge on any atom is -0.378 e. The SMILES string of the molecule is Cc1cccc(-c2[nH]ncc2CNC2CCCN(c3cc(N4CCOCC4)ncn3)C2)c1. The van der Waals surface area contributed by atoms with E-state index < -0.39 is 0 Å². The van der Waals surface area contributed by atoms with Crippen LogP contribution in [-0.2, 0) is 11.3 Å². The first-order chi connectivity index (χ1) is 15.8. The second kappa shape index (κ2) is 9.67. The number of benzene rings is 1. The lowest BCUT2D eigenvalue weighted by Crippen LogP contribution is -2.46. The van der Waals surface area contributed by atoms with Gasteiger partial charge in [-0.2, -0.15) is 5.10 Å². The van der Waals surface area contributed by atoms with E-state index in [1.165, 1.54) is 16.7 Å². The zero-order valence-corrected chi connectivity index (χ0v) is 18.6. The van der Waals surface area contributed by atoms with Crippen molar-refractivity contribution in [2.75, 3.05) is 49.2 Å². The summed E-state index contributed by atoms with van der Waals surface area (Å²) in [6, 6.07) is 11.1. The number of morpholine rings is 1. The molecule has 2 fully saturated rings. The number of hydrogen-bond donors (Lipinski definition) is 2. The number of aromatic amines is 1. The molecule has 0 radical (unpaired) electrons. The fraction of sp³-hybridized carbons (Fsp3) is 0.458. The fourth-order valence-corrected chi connectivity index (χ4v) is 4.58. The van der Waals surface area contributed by atoms with E-state index in [0.717, 1.165) is 76.1 Å². The third-order valence-electron chi connectivity index (χ3n) is 6.32. The van der Waals surface area contributed by atoms with Crippen molar-refractivity contribution in [1.29, 1.82) is 0 Å². The first-order valence-corrected chi connectivity index (χ1v) is 11.5. The summed E-state index contributed by atoms with van der Waals surface area (Å²) in [5, 5.41) is 11.2. The van der Waals surface area contributed by atoms with Crippen LogP contribution in [0.2, 0.25) is 0 Å². The number of nitrogens with zero attached hydrogens (tertiary/aromatic N) is 5. The van der Waals surface area contributed by atoms with E-state index in [4.69, 9.17) is 4.74 Å². The molecule has 3 aromatic rings. The Morgan fingerprint density at radius 1 is 1.09 bits per heavy atom. The summed E-state index contributed by atoms with van der Waals surface area (Å²) in [7, 11) is 0. The molecule has 8 heteroatoms. The maximum atomic E-state index is 5.47. The van der Waals surface area contributed by atoms with Crippen LogP contribution in [0.25, 0.3) is 11.3 Å². The number of hydrogen-bond acceptors (Lipinski definition) is 7. The number of H-pyrrole nitrogens is 1. The van der Waals surface area contributed by atoms with Crippen LogP contribution in [0.5, 0.6) is 0 Å². The van der Waals surface area contributed by atoms with Crippen LogP contribution in [-0.4, -0.2) is 65.6 Å². The Bertz CT molecular complexity index is 1030.